The third-order valence-electron chi connectivity index (χ3n) is 1.88. The summed E-state index contributed by atoms with van der Waals surface area (Å²) in [5, 5.41) is 6.85. The van der Waals surface area contributed by atoms with Crippen LogP contribution in [-0.2, 0) is 37.4 Å². The minimum atomic E-state index is 0. The Bertz CT molecular complexity index is 279. The average Bonchev–Trinajstić information content (AvgIpc) is 2.24. The van der Waals surface area contributed by atoms with Crippen molar-refractivity contribution in [1.82, 2.24) is 0 Å². The van der Waals surface area contributed by atoms with E-state index < -0.39 is 0 Å². The molecule has 0 unspecified atom stereocenters. The molecule has 87 valence electrons. The van der Waals surface area contributed by atoms with Crippen LogP contribution in [0.2, 0.25) is 0 Å². The smallest absolute Gasteiger partial charge is 0.149 e. The fraction of sp³-hybridized carbons (Fsp3) is 0.385. The molecule has 0 aliphatic carbocycles. The molecular weight excluding hydrogens is 275 g/mol. The molecule has 0 saturated heterocycles. The molecule has 0 aliphatic rings. The molecule has 1 aromatic carbocycles. The molecule has 2 nitrogen and oxygen atoms in total. The van der Waals surface area contributed by atoms with Gasteiger partial charge < -0.3 is 11.7 Å². The van der Waals surface area contributed by atoms with E-state index in [9.17, 15) is 0 Å². The van der Waals surface area contributed by atoms with E-state index in [4.69, 9.17) is 10.1 Å². The summed E-state index contributed by atoms with van der Waals surface area (Å²) in [6.45, 7) is 10.0. The molecule has 1 aromatic rings. The zero-order chi connectivity index (χ0) is 11.7. The fourth-order valence-electron chi connectivity index (χ4n) is 0.851. The Balaban J connectivity index is 0. The van der Waals surface area contributed by atoms with Crippen LogP contribution in [0.15, 0.2) is 18.2 Å². The van der Waals surface area contributed by atoms with Gasteiger partial charge in [-0.2, -0.15) is 35.4 Å². The maximum absolute atomic E-state index is 6.85. The molecule has 0 spiro atoms. The summed E-state index contributed by atoms with van der Waals surface area (Å²) in [6, 6.07) is 9.12. The molecule has 0 bridgehead atoms. The molecule has 1 N–H and O–H groups in total. The predicted octanol–water partition coefficient (Wildman–Crippen LogP) is 3.33. The summed E-state index contributed by atoms with van der Waals surface area (Å²) < 4.78 is 4.71. The largest absolute Gasteiger partial charge is 0.484 e. The van der Waals surface area contributed by atoms with Crippen LogP contribution in [-0.4, -0.2) is 12.5 Å². The van der Waals surface area contributed by atoms with Crippen molar-refractivity contribution in [2.75, 3.05) is 6.61 Å². The van der Waals surface area contributed by atoms with Crippen LogP contribution in [0.5, 0.6) is 0 Å². The number of hydrogen-bond donors (Lipinski definition) is 1. The Morgan fingerprint density at radius 1 is 1.50 bits per heavy atom. The second-order valence-corrected chi connectivity index (χ2v) is 3.08. The van der Waals surface area contributed by atoms with Crippen LogP contribution in [0.4, 0.5) is 0 Å². The number of rotatable bonds is 2. The number of hydrogen-bond acceptors (Lipinski definition) is 2. The van der Waals surface area contributed by atoms with Gasteiger partial charge in [-0.05, 0) is 6.92 Å². The van der Waals surface area contributed by atoms with Gasteiger partial charge in [0, 0.05) is 32.7 Å². The van der Waals surface area contributed by atoms with Crippen molar-refractivity contribution in [2.45, 2.75) is 27.2 Å². The third-order valence-corrected chi connectivity index (χ3v) is 1.88. The van der Waals surface area contributed by atoms with Crippen LogP contribution in [0.3, 0.4) is 0 Å². The summed E-state index contributed by atoms with van der Waals surface area (Å²) in [7, 11) is 0. The van der Waals surface area contributed by atoms with E-state index in [1.807, 2.05) is 19.1 Å². The average molecular weight is 294 g/mol. The van der Waals surface area contributed by atoms with Crippen molar-refractivity contribution < 1.29 is 37.4 Å². The van der Waals surface area contributed by atoms with Gasteiger partial charge in [-0.3, -0.25) is 5.41 Å². The second kappa shape index (κ2) is 11.3. The number of nitrogens with one attached hydrogen (secondary N) is 1. The van der Waals surface area contributed by atoms with Crippen LogP contribution >= 0.6 is 0 Å². The first kappa shape index (κ1) is 18.2. The third kappa shape index (κ3) is 9.05. The summed E-state index contributed by atoms with van der Waals surface area (Å²) in [4.78, 5) is 0. The van der Waals surface area contributed by atoms with E-state index in [0.717, 1.165) is 0 Å². The Labute approximate surface area is 124 Å². The second-order valence-electron chi connectivity index (χ2n) is 3.08. The van der Waals surface area contributed by atoms with Gasteiger partial charge in [0.05, 0.1) is 6.61 Å². The minimum Gasteiger partial charge on any atom is -0.484 e. The number of benzene rings is 1. The molecule has 0 heterocycles. The van der Waals surface area contributed by atoms with E-state index in [2.05, 4.69) is 32.9 Å². The van der Waals surface area contributed by atoms with Gasteiger partial charge in [0.15, 0.2) is 0 Å². The topological polar surface area (TPSA) is 33.1 Å². The van der Waals surface area contributed by atoms with Gasteiger partial charge in [-0.15, -0.1) is 6.42 Å². The first-order valence-corrected chi connectivity index (χ1v) is 5.05. The maximum atomic E-state index is 6.85. The fourth-order valence-corrected chi connectivity index (χ4v) is 0.851. The molecule has 0 aromatic heterocycles. The number of aryl methyl sites for hydroxylation is 2. The Hall–Kier alpha value is -0.206. The SMILES string of the molecule is Cc1[c-]cccc1C.[CH2-]CC(=N)OCC.[Y]. The van der Waals surface area contributed by atoms with E-state index in [0.29, 0.717) is 13.0 Å². The first-order valence-electron chi connectivity index (χ1n) is 5.05. The van der Waals surface area contributed by atoms with Gasteiger partial charge in [0.1, 0.15) is 5.90 Å². The molecule has 0 saturated carbocycles. The van der Waals surface area contributed by atoms with Gasteiger partial charge in [-0.25, -0.2) is 0 Å². The van der Waals surface area contributed by atoms with Gasteiger partial charge >= 0.3 is 0 Å². The molecule has 0 fully saturated rings. The van der Waals surface area contributed by atoms with Crippen molar-refractivity contribution in [3.63, 3.8) is 0 Å². The standard InChI is InChI=1S/C8H9.C5H10NO.Y/c1-7-5-3-4-6-8(7)2;1-3-5(6)7-4-2;/h3-5H,1-2H3;6H,1,3-4H2,2H3;/q2*-1;. The van der Waals surface area contributed by atoms with Crippen molar-refractivity contribution in [3.8, 4) is 0 Å². The molecule has 1 radical (unpaired) electrons. The van der Waals surface area contributed by atoms with E-state index in [-0.39, 0.29) is 38.6 Å². The molecule has 3 heteroatoms. The summed E-state index contributed by atoms with van der Waals surface area (Å²) in [5.41, 5.74) is 2.56. The van der Waals surface area contributed by atoms with E-state index in [1.165, 1.54) is 11.1 Å². The quantitative estimate of drug-likeness (QED) is 0.506. The minimum absolute atomic E-state index is 0. The predicted molar refractivity (Wildman–Crippen MR) is 64.1 cm³/mol. The normalized spacial score (nSPS) is 8.25. The van der Waals surface area contributed by atoms with Crippen molar-refractivity contribution in [3.05, 3.63) is 42.3 Å². The Morgan fingerprint density at radius 2 is 2.12 bits per heavy atom. The molecule has 1 rings (SSSR count). The zero-order valence-corrected chi connectivity index (χ0v) is 13.2. The zero-order valence-electron chi connectivity index (χ0n) is 10.3. The molecule has 0 atom stereocenters. The van der Waals surface area contributed by atoms with Gasteiger partial charge in [-0.1, -0.05) is 13.8 Å². The summed E-state index contributed by atoms with van der Waals surface area (Å²) in [6.07, 6.45) is 0.452. The summed E-state index contributed by atoms with van der Waals surface area (Å²) >= 11 is 0. The molecule has 0 aliphatic heterocycles. The number of ether oxygens (including phenoxy) is 1. The van der Waals surface area contributed by atoms with Crippen molar-refractivity contribution >= 4 is 5.90 Å². The van der Waals surface area contributed by atoms with Gasteiger partial charge in [0.2, 0.25) is 0 Å². The van der Waals surface area contributed by atoms with Gasteiger partial charge in [0.25, 0.3) is 0 Å². The van der Waals surface area contributed by atoms with Crippen molar-refractivity contribution in [1.29, 1.82) is 5.41 Å². The van der Waals surface area contributed by atoms with E-state index >= 15 is 0 Å². The Morgan fingerprint density at radius 3 is 2.38 bits per heavy atom. The molecule has 16 heavy (non-hydrogen) atoms. The summed E-state index contributed by atoms with van der Waals surface area (Å²) in [5.74, 6) is 0.266. The Kier molecular flexibility index (Phi) is 12.8. The molecule has 0 amide bonds. The van der Waals surface area contributed by atoms with E-state index in [1.54, 1.807) is 0 Å². The monoisotopic (exact) mass is 294 g/mol. The first-order chi connectivity index (χ1) is 7.11. The van der Waals surface area contributed by atoms with Crippen LogP contribution in [0.25, 0.3) is 0 Å². The maximum Gasteiger partial charge on any atom is 0.149 e. The molecular formula is C13H19NOY-2. The van der Waals surface area contributed by atoms with Crippen LogP contribution in [0.1, 0.15) is 24.5 Å². The van der Waals surface area contributed by atoms with Crippen molar-refractivity contribution in [2.24, 2.45) is 0 Å². The van der Waals surface area contributed by atoms with Crippen LogP contribution in [0, 0.1) is 32.2 Å². The van der Waals surface area contributed by atoms with Crippen LogP contribution < -0.4 is 0 Å².